The van der Waals surface area contributed by atoms with Crippen LogP contribution in [-0.4, -0.2) is 83.8 Å². The molecule has 3 rings (SSSR count). The first-order chi connectivity index (χ1) is 12.0. The van der Waals surface area contributed by atoms with Crippen LogP contribution in [0.5, 0.6) is 0 Å². The molecule has 1 aromatic carbocycles. The summed E-state index contributed by atoms with van der Waals surface area (Å²) in [6.07, 6.45) is 0. The monoisotopic (exact) mass is 344 g/mol. The van der Waals surface area contributed by atoms with Crippen LogP contribution in [0.15, 0.2) is 24.3 Å². The number of likely N-dealkylation sites (N-methyl/N-ethyl adjacent to an activating group) is 1. The Morgan fingerprint density at radius 3 is 2.36 bits per heavy atom. The fourth-order valence-electron chi connectivity index (χ4n) is 3.24. The normalized spacial score (nSPS) is 19.0. The summed E-state index contributed by atoms with van der Waals surface area (Å²) in [4.78, 5) is 42.5. The summed E-state index contributed by atoms with van der Waals surface area (Å²) in [5.41, 5.74) is 2.58. The number of rotatable bonds is 4. The Balaban J connectivity index is 1.50. The van der Waals surface area contributed by atoms with Crippen LogP contribution in [0, 0.1) is 6.92 Å². The average molecular weight is 344 g/mol. The van der Waals surface area contributed by atoms with Gasteiger partial charge in [0.2, 0.25) is 5.91 Å². The van der Waals surface area contributed by atoms with Gasteiger partial charge in [0.1, 0.15) is 13.1 Å². The third kappa shape index (κ3) is 3.82. The Hall–Kier alpha value is -2.41. The van der Waals surface area contributed by atoms with Gasteiger partial charge in [-0.1, -0.05) is 24.3 Å². The zero-order chi connectivity index (χ0) is 18.0. The van der Waals surface area contributed by atoms with E-state index in [2.05, 4.69) is 24.0 Å². The van der Waals surface area contributed by atoms with Gasteiger partial charge in [-0.05, 0) is 18.1 Å². The molecule has 0 aliphatic carbocycles. The zero-order valence-electron chi connectivity index (χ0n) is 14.8. The lowest BCUT2D eigenvalue weighted by atomic mass is 10.1. The lowest BCUT2D eigenvalue weighted by molar-refractivity contribution is -0.137. The molecule has 0 saturated carbocycles. The lowest BCUT2D eigenvalue weighted by Gasteiger charge is -2.35. The molecule has 2 fully saturated rings. The molecule has 1 aromatic rings. The van der Waals surface area contributed by atoms with Gasteiger partial charge in [-0.25, -0.2) is 4.79 Å². The fourth-order valence-corrected chi connectivity index (χ4v) is 3.24. The van der Waals surface area contributed by atoms with Crippen LogP contribution in [0.2, 0.25) is 0 Å². The summed E-state index contributed by atoms with van der Waals surface area (Å²) in [7, 11) is 1.56. The highest BCUT2D eigenvalue weighted by atomic mass is 16.2. The maximum atomic E-state index is 12.4. The summed E-state index contributed by atoms with van der Waals surface area (Å²) in [6.45, 7) is 5.71. The molecule has 7 nitrogen and oxygen atoms in total. The molecule has 0 N–H and O–H groups in total. The van der Waals surface area contributed by atoms with Gasteiger partial charge in [0.25, 0.3) is 5.91 Å². The smallest absolute Gasteiger partial charge is 0.327 e. The van der Waals surface area contributed by atoms with E-state index in [1.54, 1.807) is 11.9 Å². The summed E-state index contributed by atoms with van der Waals surface area (Å²) >= 11 is 0. The van der Waals surface area contributed by atoms with Crippen molar-refractivity contribution in [2.75, 3.05) is 46.3 Å². The number of nitrogens with zero attached hydrogens (tertiary/aromatic N) is 4. The van der Waals surface area contributed by atoms with Crippen LogP contribution >= 0.6 is 0 Å². The molecule has 134 valence electrons. The fraction of sp³-hybridized carbons (Fsp3) is 0.500. The Morgan fingerprint density at radius 2 is 1.76 bits per heavy atom. The van der Waals surface area contributed by atoms with Gasteiger partial charge in [-0.2, -0.15) is 0 Å². The second kappa shape index (κ2) is 7.23. The first-order valence-corrected chi connectivity index (χ1v) is 8.56. The number of benzene rings is 1. The molecule has 25 heavy (non-hydrogen) atoms. The summed E-state index contributed by atoms with van der Waals surface area (Å²) in [5, 5.41) is 0. The van der Waals surface area contributed by atoms with E-state index in [0.29, 0.717) is 13.1 Å². The number of carbonyl (C=O) groups excluding carboxylic acids is 3. The largest absolute Gasteiger partial charge is 0.339 e. The van der Waals surface area contributed by atoms with Crippen LogP contribution in [0.1, 0.15) is 11.1 Å². The van der Waals surface area contributed by atoms with Crippen LogP contribution in [0.4, 0.5) is 4.79 Å². The maximum absolute atomic E-state index is 12.4. The molecule has 0 aromatic heterocycles. The summed E-state index contributed by atoms with van der Waals surface area (Å²) < 4.78 is 0. The summed E-state index contributed by atoms with van der Waals surface area (Å²) in [5.74, 6) is -0.466. The van der Waals surface area contributed by atoms with Crippen molar-refractivity contribution in [3.05, 3.63) is 35.4 Å². The molecular formula is C18H24N4O3. The molecule has 2 heterocycles. The van der Waals surface area contributed by atoms with E-state index < -0.39 is 6.03 Å². The predicted octanol–water partition coefficient (Wildman–Crippen LogP) is 0.533. The van der Waals surface area contributed by atoms with E-state index in [1.807, 2.05) is 12.1 Å². The number of hydrogen-bond donors (Lipinski definition) is 0. The highest BCUT2D eigenvalue weighted by Gasteiger charge is 2.36. The van der Waals surface area contributed by atoms with Gasteiger partial charge in [0, 0.05) is 39.8 Å². The zero-order valence-corrected chi connectivity index (χ0v) is 14.8. The van der Waals surface area contributed by atoms with Crippen LogP contribution in [0.3, 0.4) is 0 Å². The molecule has 0 atom stereocenters. The van der Waals surface area contributed by atoms with Crippen molar-refractivity contribution < 1.29 is 14.4 Å². The molecule has 2 aliphatic rings. The molecule has 2 aliphatic heterocycles. The van der Waals surface area contributed by atoms with Crippen molar-refractivity contribution >= 4 is 17.8 Å². The van der Waals surface area contributed by atoms with Crippen molar-refractivity contribution in [1.82, 2.24) is 19.6 Å². The topological polar surface area (TPSA) is 64.2 Å². The van der Waals surface area contributed by atoms with Crippen molar-refractivity contribution in [3.63, 3.8) is 0 Å². The molecule has 0 bridgehead atoms. The maximum Gasteiger partial charge on any atom is 0.327 e. The van der Waals surface area contributed by atoms with E-state index in [-0.39, 0.29) is 24.9 Å². The molecule has 2 saturated heterocycles. The Labute approximate surface area is 147 Å². The minimum atomic E-state index is -0.392. The minimum absolute atomic E-state index is 0.0519. The van der Waals surface area contributed by atoms with E-state index in [9.17, 15) is 14.4 Å². The minimum Gasteiger partial charge on any atom is -0.339 e. The standard InChI is InChI=1S/C18H24N4O3/c1-14-5-3-4-6-15(14)11-20-7-9-21(10-8-20)16(23)13-22-17(24)12-19(2)18(22)25/h3-6H,7-13H2,1-2H3. The SMILES string of the molecule is Cc1ccccc1CN1CCN(C(=O)CN2C(=O)CN(C)C2=O)CC1. The first kappa shape index (κ1) is 17.4. The number of piperazine rings is 1. The lowest BCUT2D eigenvalue weighted by Crippen LogP contribution is -2.51. The van der Waals surface area contributed by atoms with E-state index in [1.165, 1.54) is 16.0 Å². The van der Waals surface area contributed by atoms with E-state index in [0.717, 1.165) is 24.5 Å². The predicted molar refractivity (Wildman–Crippen MR) is 92.8 cm³/mol. The molecule has 0 unspecified atom stereocenters. The van der Waals surface area contributed by atoms with E-state index >= 15 is 0 Å². The molecular weight excluding hydrogens is 320 g/mol. The number of hydrogen-bond acceptors (Lipinski definition) is 4. The number of carbonyl (C=O) groups is 3. The van der Waals surface area contributed by atoms with Crippen molar-refractivity contribution in [3.8, 4) is 0 Å². The van der Waals surface area contributed by atoms with Crippen molar-refractivity contribution in [1.29, 1.82) is 0 Å². The summed E-state index contributed by atoms with van der Waals surface area (Å²) in [6, 6.07) is 7.93. The first-order valence-electron chi connectivity index (χ1n) is 8.56. The Morgan fingerprint density at radius 1 is 1.08 bits per heavy atom. The van der Waals surface area contributed by atoms with Crippen molar-refractivity contribution in [2.45, 2.75) is 13.5 Å². The van der Waals surface area contributed by atoms with Crippen LogP contribution < -0.4 is 0 Å². The van der Waals surface area contributed by atoms with Gasteiger partial charge in [0.05, 0.1) is 0 Å². The highest BCUT2D eigenvalue weighted by Crippen LogP contribution is 2.13. The number of amides is 4. The van der Waals surface area contributed by atoms with Crippen LogP contribution in [0.25, 0.3) is 0 Å². The third-order valence-corrected chi connectivity index (χ3v) is 4.90. The Bertz CT molecular complexity index is 683. The second-order valence-corrected chi connectivity index (χ2v) is 6.70. The quantitative estimate of drug-likeness (QED) is 0.748. The second-order valence-electron chi connectivity index (χ2n) is 6.70. The molecule has 4 amide bonds. The highest BCUT2D eigenvalue weighted by molar-refractivity contribution is 6.04. The van der Waals surface area contributed by atoms with Crippen LogP contribution in [-0.2, 0) is 16.1 Å². The molecule has 0 spiro atoms. The average Bonchev–Trinajstić information content (AvgIpc) is 2.84. The number of imide groups is 1. The van der Waals surface area contributed by atoms with Crippen molar-refractivity contribution in [2.24, 2.45) is 0 Å². The van der Waals surface area contributed by atoms with Gasteiger partial charge in [-0.3, -0.25) is 19.4 Å². The van der Waals surface area contributed by atoms with Gasteiger partial charge in [-0.15, -0.1) is 0 Å². The molecule has 0 radical (unpaired) electrons. The van der Waals surface area contributed by atoms with Gasteiger partial charge >= 0.3 is 6.03 Å². The van der Waals surface area contributed by atoms with Gasteiger partial charge < -0.3 is 9.80 Å². The number of aryl methyl sites for hydroxylation is 1. The third-order valence-electron chi connectivity index (χ3n) is 4.90. The molecule has 7 heteroatoms. The Kier molecular flexibility index (Phi) is 5.03. The number of urea groups is 1. The van der Waals surface area contributed by atoms with E-state index in [4.69, 9.17) is 0 Å². The van der Waals surface area contributed by atoms with Gasteiger partial charge in [0.15, 0.2) is 0 Å².